The molecule has 8 nitrogen and oxygen atoms in total. The summed E-state index contributed by atoms with van der Waals surface area (Å²) in [5.41, 5.74) is 2.79. The SMILES string of the molecule is Cc1nn(CC(=O)O)c(C)c1S(=O)(=O)NCc1cscn1. The molecule has 0 aromatic carbocycles. The number of sulfonamides is 1. The average molecular weight is 330 g/mol. The molecule has 10 heteroatoms. The van der Waals surface area contributed by atoms with E-state index in [2.05, 4.69) is 14.8 Å². The molecule has 2 N–H and O–H groups in total. The summed E-state index contributed by atoms with van der Waals surface area (Å²) in [7, 11) is -3.77. The molecule has 0 atom stereocenters. The van der Waals surface area contributed by atoms with Crippen molar-refractivity contribution in [2.45, 2.75) is 31.8 Å². The summed E-state index contributed by atoms with van der Waals surface area (Å²) in [4.78, 5) is 14.7. The summed E-state index contributed by atoms with van der Waals surface area (Å²) in [5, 5.41) is 14.5. The van der Waals surface area contributed by atoms with Crippen molar-refractivity contribution in [1.82, 2.24) is 19.5 Å². The van der Waals surface area contributed by atoms with Crippen LogP contribution in [0.4, 0.5) is 0 Å². The van der Waals surface area contributed by atoms with Crippen molar-refractivity contribution < 1.29 is 18.3 Å². The Balaban J connectivity index is 2.27. The highest BCUT2D eigenvalue weighted by molar-refractivity contribution is 7.89. The summed E-state index contributed by atoms with van der Waals surface area (Å²) in [6.45, 7) is 2.76. The van der Waals surface area contributed by atoms with Crippen LogP contribution >= 0.6 is 11.3 Å². The number of hydrogen-bond acceptors (Lipinski definition) is 6. The maximum atomic E-state index is 12.3. The lowest BCUT2D eigenvalue weighted by Gasteiger charge is -2.06. The molecule has 0 saturated carbocycles. The molecule has 0 saturated heterocycles. The molecule has 2 rings (SSSR count). The fourth-order valence-corrected chi connectivity index (χ4v) is 3.88. The van der Waals surface area contributed by atoms with E-state index in [1.54, 1.807) is 10.9 Å². The van der Waals surface area contributed by atoms with Crippen molar-refractivity contribution >= 4 is 27.3 Å². The third-order valence-electron chi connectivity index (χ3n) is 2.80. The summed E-state index contributed by atoms with van der Waals surface area (Å²) in [6.07, 6.45) is 0. The van der Waals surface area contributed by atoms with Crippen molar-refractivity contribution in [2.24, 2.45) is 0 Å². The number of hydrogen-bond donors (Lipinski definition) is 2. The number of carboxylic acids is 1. The van der Waals surface area contributed by atoms with Crippen LogP contribution in [0.3, 0.4) is 0 Å². The zero-order valence-corrected chi connectivity index (χ0v) is 13.0. The first-order valence-electron chi connectivity index (χ1n) is 5.94. The molecule has 0 aliphatic heterocycles. The van der Waals surface area contributed by atoms with E-state index in [-0.39, 0.29) is 23.7 Å². The van der Waals surface area contributed by atoms with Gasteiger partial charge >= 0.3 is 5.97 Å². The number of aliphatic carboxylic acids is 1. The second kappa shape index (κ2) is 5.92. The van der Waals surface area contributed by atoms with E-state index in [0.717, 1.165) is 4.68 Å². The molecule has 0 aliphatic carbocycles. The largest absolute Gasteiger partial charge is 0.480 e. The Hall–Kier alpha value is -1.78. The van der Waals surface area contributed by atoms with Crippen LogP contribution in [0.1, 0.15) is 17.1 Å². The van der Waals surface area contributed by atoms with Crippen molar-refractivity contribution in [2.75, 3.05) is 0 Å². The van der Waals surface area contributed by atoms with E-state index in [4.69, 9.17) is 5.11 Å². The van der Waals surface area contributed by atoms with Gasteiger partial charge in [-0.1, -0.05) is 0 Å². The van der Waals surface area contributed by atoms with Gasteiger partial charge in [-0.2, -0.15) is 5.10 Å². The molecule has 0 bridgehead atoms. The number of aromatic nitrogens is 3. The lowest BCUT2D eigenvalue weighted by Crippen LogP contribution is -2.24. The lowest BCUT2D eigenvalue weighted by molar-refractivity contribution is -0.137. The summed E-state index contributed by atoms with van der Waals surface area (Å²) < 4.78 is 28.3. The van der Waals surface area contributed by atoms with Gasteiger partial charge < -0.3 is 5.11 Å². The summed E-state index contributed by atoms with van der Waals surface area (Å²) in [6, 6.07) is 0. The Morgan fingerprint density at radius 3 is 2.76 bits per heavy atom. The fraction of sp³-hybridized carbons (Fsp3) is 0.364. The number of carbonyl (C=O) groups is 1. The van der Waals surface area contributed by atoms with Crippen LogP contribution in [0.25, 0.3) is 0 Å². The van der Waals surface area contributed by atoms with Gasteiger partial charge in [0.2, 0.25) is 10.0 Å². The minimum atomic E-state index is -3.77. The van der Waals surface area contributed by atoms with E-state index in [1.807, 2.05) is 0 Å². The van der Waals surface area contributed by atoms with Crippen molar-refractivity contribution in [3.05, 3.63) is 28.0 Å². The third kappa shape index (κ3) is 3.46. The maximum absolute atomic E-state index is 12.3. The van der Waals surface area contributed by atoms with Crippen LogP contribution < -0.4 is 4.72 Å². The predicted octanol–water partition coefficient (Wildman–Crippen LogP) is 0.520. The molecule has 21 heavy (non-hydrogen) atoms. The van der Waals surface area contributed by atoms with E-state index >= 15 is 0 Å². The Bertz CT molecular complexity index is 750. The van der Waals surface area contributed by atoms with Gasteiger partial charge in [0.15, 0.2) is 0 Å². The molecule has 0 unspecified atom stereocenters. The minimum Gasteiger partial charge on any atom is -0.480 e. The number of carboxylic acid groups (broad SMARTS) is 1. The highest BCUT2D eigenvalue weighted by Gasteiger charge is 2.25. The average Bonchev–Trinajstić information content (AvgIpc) is 2.96. The second-order valence-corrected chi connectivity index (χ2v) is 6.78. The van der Waals surface area contributed by atoms with Gasteiger partial charge in [-0.05, 0) is 13.8 Å². The van der Waals surface area contributed by atoms with Gasteiger partial charge in [0.05, 0.1) is 29.1 Å². The predicted molar refractivity (Wildman–Crippen MR) is 75.5 cm³/mol. The maximum Gasteiger partial charge on any atom is 0.325 e. The van der Waals surface area contributed by atoms with E-state index in [0.29, 0.717) is 11.4 Å². The summed E-state index contributed by atoms with van der Waals surface area (Å²) >= 11 is 1.38. The van der Waals surface area contributed by atoms with Gasteiger partial charge in [0.1, 0.15) is 11.4 Å². The molecule has 0 spiro atoms. The molecule has 2 heterocycles. The van der Waals surface area contributed by atoms with Crippen LogP contribution in [-0.4, -0.2) is 34.3 Å². The highest BCUT2D eigenvalue weighted by atomic mass is 32.2. The van der Waals surface area contributed by atoms with Gasteiger partial charge in [-0.25, -0.2) is 18.1 Å². The van der Waals surface area contributed by atoms with Gasteiger partial charge in [0, 0.05) is 5.38 Å². The zero-order chi connectivity index (χ0) is 15.6. The van der Waals surface area contributed by atoms with Crippen LogP contribution in [0.2, 0.25) is 0 Å². The Morgan fingerprint density at radius 1 is 1.48 bits per heavy atom. The van der Waals surface area contributed by atoms with Crippen LogP contribution in [0.15, 0.2) is 15.8 Å². The van der Waals surface area contributed by atoms with Crippen molar-refractivity contribution in [3.63, 3.8) is 0 Å². The number of nitrogens with zero attached hydrogens (tertiary/aromatic N) is 3. The molecule has 114 valence electrons. The van der Waals surface area contributed by atoms with Crippen LogP contribution in [0.5, 0.6) is 0 Å². The standard InChI is InChI=1S/C11H14N4O4S2/c1-7-11(8(2)15(14-7)4-10(16)17)21(18,19)13-3-9-5-20-6-12-9/h5-6,13H,3-4H2,1-2H3,(H,16,17). The summed E-state index contributed by atoms with van der Waals surface area (Å²) in [5.74, 6) is -1.08. The highest BCUT2D eigenvalue weighted by Crippen LogP contribution is 2.19. The van der Waals surface area contributed by atoms with Gasteiger partial charge in [-0.15, -0.1) is 11.3 Å². The molecule has 0 fully saturated rings. The van der Waals surface area contributed by atoms with E-state index in [9.17, 15) is 13.2 Å². The van der Waals surface area contributed by atoms with Crippen LogP contribution in [-0.2, 0) is 27.9 Å². The number of aryl methyl sites for hydroxylation is 1. The Labute approximate surface area is 125 Å². The van der Waals surface area contributed by atoms with Crippen molar-refractivity contribution in [1.29, 1.82) is 0 Å². The zero-order valence-electron chi connectivity index (χ0n) is 11.4. The first-order valence-corrected chi connectivity index (χ1v) is 8.36. The van der Waals surface area contributed by atoms with E-state index in [1.165, 1.54) is 25.2 Å². The van der Waals surface area contributed by atoms with Crippen molar-refractivity contribution in [3.8, 4) is 0 Å². The second-order valence-electron chi connectivity index (χ2n) is 4.36. The molecule has 0 amide bonds. The van der Waals surface area contributed by atoms with E-state index < -0.39 is 16.0 Å². The smallest absolute Gasteiger partial charge is 0.325 e. The number of thiazole rings is 1. The minimum absolute atomic E-state index is 0.0129. The molecular weight excluding hydrogens is 316 g/mol. The van der Waals surface area contributed by atoms with Gasteiger partial charge in [-0.3, -0.25) is 9.48 Å². The number of rotatable bonds is 6. The molecule has 0 aliphatic rings. The van der Waals surface area contributed by atoms with Gasteiger partial charge in [0.25, 0.3) is 0 Å². The number of nitrogens with one attached hydrogen (secondary N) is 1. The quantitative estimate of drug-likeness (QED) is 0.798. The topological polar surface area (TPSA) is 114 Å². The molecular formula is C11H14N4O4S2. The third-order valence-corrected chi connectivity index (χ3v) is 5.08. The first kappa shape index (κ1) is 15.6. The Morgan fingerprint density at radius 2 is 2.19 bits per heavy atom. The normalized spacial score (nSPS) is 11.7. The lowest BCUT2D eigenvalue weighted by atomic mass is 10.4. The molecule has 0 radical (unpaired) electrons. The molecule has 2 aromatic heterocycles. The monoisotopic (exact) mass is 330 g/mol. The first-order chi connectivity index (χ1) is 9.81. The van der Waals surface area contributed by atoms with Crippen LogP contribution in [0, 0.1) is 13.8 Å². The fourth-order valence-electron chi connectivity index (χ4n) is 1.92. The Kier molecular flexibility index (Phi) is 4.40. The molecule has 2 aromatic rings.